The predicted octanol–water partition coefficient (Wildman–Crippen LogP) is 4.06. The summed E-state index contributed by atoms with van der Waals surface area (Å²) in [5.41, 5.74) is 2.32. The van der Waals surface area contributed by atoms with E-state index in [0.717, 1.165) is 30.2 Å². The van der Waals surface area contributed by atoms with E-state index in [2.05, 4.69) is 53.0 Å². The van der Waals surface area contributed by atoms with Gasteiger partial charge in [-0.25, -0.2) is 9.97 Å². The number of aryl methyl sites for hydroxylation is 2. The van der Waals surface area contributed by atoms with Gasteiger partial charge in [-0.1, -0.05) is 30.3 Å². The first-order valence-electron chi connectivity index (χ1n) is 7.96. The Balaban J connectivity index is 1.57. The summed E-state index contributed by atoms with van der Waals surface area (Å²) >= 11 is 1.79. The smallest absolute Gasteiger partial charge is 0.123 e. The summed E-state index contributed by atoms with van der Waals surface area (Å²) < 4.78 is 2.11. The molecule has 120 valence electrons. The largest absolute Gasteiger partial charge is 0.337 e. The molecule has 3 rings (SSSR count). The molecule has 0 unspecified atom stereocenters. The normalized spacial score (nSPS) is 12.4. The first kappa shape index (κ1) is 15.9. The molecule has 0 saturated carbocycles. The van der Waals surface area contributed by atoms with Crippen LogP contribution in [0.5, 0.6) is 0 Å². The lowest BCUT2D eigenvalue weighted by atomic mass is 10.2. The summed E-state index contributed by atoms with van der Waals surface area (Å²) in [5.74, 6) is 0. The van der Waals surface area contributed by atoms with Crippen LogP contribution in [0.15, 0.2) is 49.1 Å². The third kappa shape index (κ3) is 4.06. The molecule has 0 bridgehead atoms. The number of benzene rings is 1. The van der Waals surface area contributed by atoms with E-state index in [1.165, 1.54) is 10.4 Å². The van der Waals surface area contributed by atoms with Gasteiger partial charge in [0.05, 0.1) is 12.0 Å². The van der Waals surface area contributed by atoms with E-state index in [9.17, 15) is 0 Å². The van der Waals surface area contributed by atoms with Gasteiger partial charge in [0.2, 0.25) is 0 Å². The summed E-state index contributed by atoms with van der Waals surface area (Å²) in [6.07, 6.45) is 6.78. The topological polar surface area (TPSA) is 42.7 Å². The minimum absolute atomic E-state index is 0.327. The van der Waals surface area contributed by atoms with Crippen LogP contribution in [-0.4, -0.2) is 21.1 Å². The van der Waals surface area contributed by atoms with Crippen molar-refractivity contribution in [1.29, 1.82) is 0 Å². The van der Waals surface area contributed by atoms with Crippen molar-refractivity contribution in [2.45, 2.75) is 32.9 Å². The van der Waals surface area contributed by atoms with Gasteiger partial charge in [0.1, 0.15) is 5.01 Å². The number of aromatic nitrogens is 3. The second kappa shape index (κ2) is 7.53. The highest BCUT2D eigenvalue weighted by atomic mass is 32.1. The molecule has 0 radical (unpaired) electrons. The van der Waals surface area contributed by atoms with E-state index in [-0.39, 0.29) is 0 Å². The van der Waals surface area contributed by atoms with Gasteiger partial charge >= 0.3 is 0 Å². The van der Waals surface area contributed by atoms with Crippen LogP contribution >= 0.6 is 11.3 Å². The highest BCUT2D eigenvalue weighted by Crippen LogP contribution is 2.31. The first-order chi connectivity index (χ1) is 11.2. The summed E-state index contributed by atoms with van der Waals surface area (Å²) in [6.45, 7) is 6.29. The lowest BCUT2D eigenvalue weighted by Crippen LogP contribution is -2.20. The number of rotatable bonds is 7. The van der Waals surface area contributed by atoms with Gasteiger partial charge < -0.3 is 9.88 Å². The Morgan fingerprint density at radius 2 is 2.09 bits per heavy atom. The monoisotopic (exact) mass is 326 g/mol. The lowest BCUT2D eigenvalue weighted by molar-refractivity contribution is 0.529. The highest BCUT2D eigenvalue weighted by Gasteiger charge is 2.14. The third-order valence-corrected chi connectivity index (χ3v) is 5.24. The van der Waals surface area contributed by atoms with Gasteiger partial charge in [-0.2, -0.15) is 0 Å². The summed E-state index contributed by atoms with van der Waals surface area (Å²) in [7, 11) is 0. The van der Waals surface area contributed by atoms with Crippen molar-refractivity contribution in [3.63, 3.8) is 0 Å². The molecule has 0 amide bonds. The quantitative estimate of drug-likeness (QED) is 0.666. The Bertz CT molecular complexity index is 719. The third-order valence-electron chi connectivity index (χ3n) is 3.85. The molecule has 1 atom stereocenters. The van der Waals surface area contributed by atoms with E-state index in [1.54, 1.807) is 11.3 Å². The Hall–Kier alpha value is -1.98. The molecule has 4 nitrogen and oxygen atoms in total. The van der Waals surface area contributed by atoms with Crippen LogP contribution in [-0.2, 0) is 6.54 Å². The van der Waals surface area contributed by atoms with Crippen molar-refractivity contribution in [2.75, 3.05) is 6.54 Å². The Labute approximate surface area is 141 Å². The van der Waals surface area contributed by atoms with E-state index >= 15 is 0 Å². The molecule has 0 fully saturated rings. The molecule has 2 heterocycles. The lowest BCUT2D eigenvalue weighted by Gasteiger charge is -2.12. The maximum atomic E-state index is 4.74. The van der Waals surface area contributed by atoms with Gasteiger partial charge in [0.25, 0.3) is 0 Å². The van der Waals surface area contributed by atoms with Crippen molar-refractivity contribution >= 4 is 11.3 Å². The maximum Gasteiger partial charge on any atom is 0.123 e. The van der Waals surface area contributed by atoms with E-state index in [1.807, 2.05) is 24.8 Å². The second-order valence-corrected chi connectivity index (χ2v) is 6.70. The summed E-state index contributed by atoms with van der Waals surface area (Å²) in [6, 6.07) is 10.7. The number of imidazole rings is 1. The molecule has 2 aromatic heterocycles. The predicted molar refractivity (Wildman–Crippen MR) is 95.5 cm³/mol. The molecule has 1 N–H and O–H groups in total. The van der Waals surface area contributed by atoms with Crippen LogP contribution in [0.25, 0.3) is 10.6 Å². The van der Waals surface area contributed by atoms with Gasteiger partial charge in [-0.05, 0) is 26.8 Å². The molecule has 0 aliphatic rings. The van der Waals surface area contributed by atoms with Crippen molar-refractivity contribution in [3.05, 3.63) is 59.6 Å². The molecule has 23 heavy (non-hydrogen) atoms. The average Bonchev–Trinajstić information content (AvgIpc) is 3.22. The maximum absolute atomic E-state index is 4.74. The molecule has 3 aromatic rings. The Morgan fingerprint density at radius 1 is 1.26 bits per heavy atom. The number of hydrogen-bond donors (Lipinski definition) is 1. The van der Waals surface area contributed by atoms with Gasteiger partial charge in [-0.15, -0.1) is 11.3 Å². The number of nitrogens with one attached hydrogen (secondary N) is 1. The molecule has 5 heteroatoms. The zero-order valence-corrected chi connectivity index (χ0v) is 14.4. The van der Waals surface area contributed by atoms with E-state index in [4.69, 9.17) is 4.98 Å². The fourth-order valence-corrected chi connectivity index (χ4v) is 3.70. The Morgan fingerprint density at radius 3 is 2.83 bits per heavy atom. The molecule has 0 saturated heterocycles. The highest BCUT2D eigenvalue weighted by molar-refractivity contribution is 7.15. The average molecular weight is 326 g/mol. The standard InChI is InChI=1S/C18H22N4S/c1-14(20-9-6-11-22-12-10-19-13-22)17-15(2)21-18(23-17)16-7-4-3-5-8-16/h3-5,7-8,10,12-14,20H,6,9,11H2,1-2H3/t14-/m0/s1. The van der Waals surface area contributed by atoms with Crippen molar-refractivity contribution in [3.8, 4) is 10.6 Å². The van der Waals surface area contributed by atoms with Crippen LogP contribution in [0.2, 0.25) is 0 Å². The molecular formula is C18H22N4S. The number of nitrogens with zero attached hydrogens (tertiary/aromatic N) is 3. The zero-order valence-electron chi connectivity index (χ0n) is 13.6. The minimum Gasteiger partial charge on any atom is -0.337 e. The van der Waals surface area contributed by atoms with Gasteiger partial charge in [-0.3, -0.25) is 0 Å². The second-order valence-electron chi connectivity index (χ2n) is 5.66. The molecular weight excluding hydrogens is 304 g/mol. The molecule has 0 spiro atoms. The zero-order chi connectivity index (χ0) is 16.1. The van der Waals surface area contributed by atoms with E-state index < -0.39 is 0 Å². The van der Waals surface area contributed by atoms with Crippen LogP contribution < -0.4 is 5.32 Å². The SMILES string of the molecule is Cc1nc(-c2ccccc2)sc1[C@H](C)NCCCn1ccnc1. The van der Waals surface area contributed by atoms with Gasteiger partial charge in [0.15, 0.2) is 0 Å². The Kier molecular flexibility index (Phi) is 5.20. The molecule has 0 aliphatic heterocycles. The van der Waals surface area contributed by atoms with Crippen LogP contribution in [0.4, 0.5) is 0 Å². The molecule has 1 aromatic carbocycles. The fraction of sp³-hybridized carbons (Fsp3) is 0.333. The number of thiazole rings is 1. The first-order valence-corrected chi connectivity index (χ1v) is 8.77. The molecule has 0 aliphatic carbocycles. The van der Waals surface area contributed by atoms with Crippen LogP contribution in [0.3, 0.4) is 0 Å². The van der Waals surface area contributed by atoms with E-state index in [0.29, 0.717) is 6.04 Å². The van der Waals surface area contributed by atoms with Crippen molar-refractivity contribution in [2.24, 2.45) is 0 Å². The van der Waals surface area contributed by atoms with Gasteiger partial charge in [0, 0.05) is 35.4 Å². The van der Waals surface area contributed by atoms with Crippen LogP contribution in [0.1, 0.15) is 30.0 Å². The minimum atomic E-state index is 0.327. The number of hydrogen-bond acceptors (Lipinski definition) is 4. The summed E-state index contributed by atoms with van der Waals surface area (Å²) in [4.78, 5) is 10.1. The summed E-state index contributed by atoms with van der Waals surface area (Å²) in [5, 5.41) is 4.71. The van der Waals surface area contributed by atoms with Crippen LogP contribution in [0, 0.1) is 6.92 Å². The fourth-order valence-electron chi connectivity index (χ4n) is 2.61. The van der Waals surface area contributed by atoms with Crippen molar-refractivity contribution < 1.29 is 0 Å². The van der Waals surface area contributed by atoms with Crippen molar-refractivity contribution in [1.82, 2.24) is 19.9 Å².